The van der Waals surface area contributed by atoms with Crippen molar-refractivity contribution in [3.63, 3.8) is 0 Å². The van der Waals surface area contributed by atoms with E-state index in [0.29, 0.717) is 0 Å². The zero-order valence-corrected chi connectivity index (χ0v) is 9.41. The highest BCUT2D eigenvalue weighted by atomic mass is 32.1. The van der Waals surface area contributed by atoms with Crippen molar-refractivity contribution in [2.75, 3.05) is 0 Å². The second-order valence-electron chi connectivity index (χ2n) is 3.19. The minimum atomic E-state index is -0.374. The van der Waals surface area contributed by atoms with Crippen LogP contribution in [0.25, 0.3) is 10.2 Å². The second kappa shape index (κ2) is 3.81. The van der Waals surface area contributed by atoms with Crippen LogP contribution in [-0.2, 0) is 0 Å². The third-order valence-corrected chi connectivity index (χ3v) is 3.43. The molecule has 4 heteroatoms. The van der Waals surface area contributed by atoms with Gasteiger partial charge < -0.3 is 10.1 Å². The fourth-order valence-corrected chi connectivity index (χ4v) is 2.51. The smallest absolute Gasteiger partial charge is 0.159 e. The molecule has 2 N–H and O–H groups in total. The van der Waals surface area contributed by atoms with Gasteiger partial charge in [0.1, 0.15) is 0 Å². The van der Waals surface area contributed by atoms with E-state index in [0.717, 1.165) is 26.2 Å². The molecule has 0 aliphatic heterocycles. The topological polar surface area (TPSA) is 36.0 Å². The number of nitrogens with one attached hydrogen (secondary N) is 1. The van der Waals surface area contributed by atoms with Crippen molar-refractivity contribution in [2.24, 2.45) is 0 Å². The van der Waals surface area contributed by atoms with Crippen molar-refractivity contribution in [3.05, 3.63) is 27.7 Å². The van der Waals surface area contributed by atoms with E-state index in [4.69, 9.17) is 12.2 Å². The van der Waals surface area contributed by atoms with Crippen LogP contribution in [0.4, 0.5) is 0 Å². The van der Waals surface area contributed by atoms with Crippen LogP contribution < -0.4 is 0 Å². The van der Waals surface area contributed by atoms with Crippen LogP contribution in [-0.4, -0.2) is 10.1 Å². The van der Waals surface area contributed by atoms with Gasteiger partial charge in [-0.15, -0.1) is 11.3 Å². The Morgan fingerprint density at radius 3 is 3.07 bits per heavy atom. The van der Waals surface area contributed by atoms with E-state index in [1.807, 2.05) is 25.1 Å². The molecule has 2 rings (SSSR count). The average Bonchev–Trinajstić information content (AvgIpc) is 2.55. The van der Waals surface area contributed by atoms with Gasteiger partial charge in [-0.05, 0) is 36.3 Å². The summed E-state index contributed by atoms with van der Waals surface area (Å²) >= 11 is 6.61. The van der Waals surface area contributed by atoms with E-state index >= 15 is 0 Å². The zero-order valence-electron chi connectivity index (χ0n) is 7.78. The van der Waals surface area contributed by atoms with E-state index in [9.17, 15) is 5.11 Å². The summed E-state index contributed by atoms with van der Waals surface area (Å²) in [5.41, 5.74) is 1.97. The van der Waals surface area contributed by atoms with Gasteiger partial charge in [-0.1, -0.05) is 13.0 Å². The Bertz CT molecular complexity index is 500. The van der Waals surface area contributed by atoms with Gasteiger partial charge in [0.2, 0.25) is 0 Å². The van der Waals surface area contributed by atoms with Gasteiger partial charge in [-0.25, -0.2) is 0 Å². The summed E-state index contributed by atoms with van der Waals surface area (Å²) in [7, 11) is 0. The second-order valence-corrected chi connectivity index (χ2v) is 4.91. The summed E-state index contributed by atoms with van der Waals surface area (Å²) in [4.78, 5) is 3.10. The van der Waals surface area contributed by atoms with Crippen LogP contribution in [0.1, 0.15) is 25.0 Å². The summed E-state index contributed by atoms with van der Waals surface area (Å²) in [6.07, 6.45) is 0.359. The van der Waals surface area contributed by atoms with E-state index < -0.39 is 0 Å². The number of benzene rings is 1. The molecule has 1 unspecified atom stereocenters. The minimum absolute atomic E-state index is 0.374. The van der Waals surface area contributed by atoms with E-state index in [2.05, 4.69) is 4.98 Å². The van der Waals surface area contributed by atoms with Crippen molar-refractivity contribution in [1.29, 1.82) is 0 Å². The first kappa shape index (κ1) is 9.83. The van der Waals surface area contributed by atoms with Crippen molar-refractivity contribution in [2.45, 2.75) is 19.4 Å². The molecule has 2 nitrogen and oxygen atoms in total. The van der Waals surface area contributed by atoms with E-state index in [-0.39, 0.29) is 6.10 Å². The molecule has 1 heterocycles. The molecule has 0 aliphatic carbocycles. The molecule has 14 heavy (non-hydrogen) atoms. The first-order chi connectivity index (χ1) is 6.70. The SMILES string of the molecule is CCC(O)c1ccc2sc(=S)[nH]c2c1. The van der Waals surface area contributed by atoms with Crippen LogP contribution in [0.15, 0.2) is 18.2 Å². The van der Waals surface area contributed by atoms with Crippen molar-refractivity contribution in [3.8, 4) is 0 Å². The lowest BCUT2D eigenvalue weighted by Gasteiger charge is -2.06. The Balaban J connectivity index is 2.55. The summed E-state index contributed by atoms with van der Waals surface area (Å²) in [5, 5.41) is 9.66. The number of aliphatic hydroxyl groups excluding tert-OH is 1. The normalized spacial score (nSPS) is 13.3. The Labute approximate surface area is 91.2 Å². The van der Waals surface area contributed by atoms with Gasteiger partial charge in [-0.2, -0.15) is 0 Å². The fraction of sp³-hybridized carbons (Fsp3) is 0.300. The molecule has 2 aromatic rings. The molecular formula is C10H11NOS2. The Kier molecular flexibility index (Phi) is 2.67. The highest BCUT2D eigenvalue weighted by Crippen LogP contribution is 2.24. The minimum Gasteiger partial charge on any atom is -0.388 e. The maximum absolute atomic E-state index is 9.66. The summed E-state index contributed by atoms with van der Waals surface area (Å²) in [5.74, 6) is 0. The predicted octanol–water partition coefficient (Wildman–Crippen LogP) is 3.40. The number of aliphatic hydroxyl groups is 1. The number of rotatable bonds is 2. The maximum Gasteiger partial charge on any atom is 0.159 e. The lowest BCUT2D eigenvalue weighted by molar-refractivity contribution is 0.174. The van der Waals surface area contributed by atoms with E-state index in [1.54, 1.807) is 11.3 Å². The standard InChI is InChI=1S/C10H11NOS2/c1-2-8(12)6-3-4-9-7(5-6)11-10(13)14-9/h3-5,8,12H,2H2,1H3,(H,11,13). The molecule has 0 saturated carbocycles. The molecule has 1 aromatic carbocycles. The number of thiazole rings is 1. The van der Waals surface area contributed by atoms with Gasteiger partial charge in [0.15, 0.2) is 3.95 Å². The number of H-pyrrole nitrogens is 1. The summed E-state index contributed by atoms with van der Waals surface area (Å²) < 4.78 is 1.92. The van der Waals surface area contributed by atoms with Crippen LogP contribution in [0.3, 0.4) is 0 Å². The molecule has 0 saturated heterocycles. The number of fused-ring (bicyclic) bond motifs is 1. The molecule has 1 atom stereocenters. The number of hydrogen-bond acceptors (Lipinski definition) is 3. The molecule has 0 spiro atoms. The Morgan fingerprint density at radius 2 is 2.36 bits per heavy atom. The van der Waals surface area contributed by atoms with Crippen molar-refractivity contribution < 1.29 is 5.11 Å². The first-order valence-corrected chi connectivity index (χ1v) is 5.74. The third kappa shape index (κ3) is 1.73. The van der Waals surface area contributed by atoms with Crippen LogP contribution >= 0.6 is 23.6 Å². The van der Waals surface area contributed by atoms with Crippen LogP contribution in [0.2, 0.25) is 0 Å². The van der Waals surface area contributed by atoms with Gasteiger partial charge in [0.05, 0.1) is 16.3 Å². The van der Waals surface area contributed by atoms with Crippen LogP contribution in [0.5, 0.6) is 0 Å². The molecule has 0 radical (unpaired) electrons. The van der Waals surface area contributed by atoms with E-state index in [1.165, 1.54) is 0 Å². The first-order valence-electron chi connectivity index (χ1n) is 4.51. The fourth-order valence-electron chi connectivity index (χ4n) is 1.41. The lowest BCUT2D eigenvalue weighted by atomic mass is 10.1. The van der Waals surface area contributed by atoms with Crippen molar-refractivity contribution >= 4 is 33.8 Å². The average molecular weight is 225 g/mol. The highest BCUT2D eigenvalue weighted by molar-refractivity contribution is 7.73. The summed E-state index contributed by atoms with van der Waals surface area (Å²) in [6, 6.07) is 5.92. The number of aromatic nitrogens is 1. The zero-order chi connectivity index (χ0) is 10.1. The summed E-state index contributed by atoms with van der Waals surface area (Å²) in [6.45, 7) is 1.96. The van der Waals surface area contributed by atoms with Gasteiger partial charge in [0.25, 0.3) is 0 Å². The van der Waals surface area contributed by atoms with Gasteiger partial charge >= 0.3 is 0 Å². The van der Waals surface area contributed by atoms with Gasteiger partial charge in [-0.3, -0.25) is 0 Å². The molecule has 0 fully saturated rings. The Hall–Kier alpha value is -0.710. The third-order valence-electron chi connectivity index (χ3n) is 2.21. The molecular weight excluding hydrogens is 214 g/mol. The van der Waals surface area contributed by atoms with Crippen LogP contribution in [0, 0.1) is 3.95 Å². The molecule has 74 valence electrons. The number of hydrogen-bond donors (Lipinski definition) is 2. The lowest BCUT2D eigenvalue weighted by Crippen LogP contribution is -1.93. The Morgan fingerprint density at radius 1 is 1.57 bits per heavy atom. The number of aromatic amines is 1. The van der Waals surface area contributed by atoms with Crippen molar-refractivity contribution in [1.82, 2.24) is 4.98 Å². The largest absolute Gasteiger partial charge is 0.388 e. The highest BCUT2D eigenvalue weighted by Gasteiger charge is 2.06. The monoisotopic (exact) mass is 225 g/mol. The predicted molar refractivity (Wildman–Crippen MR) is 62.3 cm³/mol. The molecule has 0 bridgehead atoms. The molecule has 0 amide bonds. The maximum atomic E-state index is 9.66. The quantitative estimate of drug-likeness (QED) is 0.768. The van der Waals surface area contributed by atoms with Gasteiger partial charge in [0, 0.05) is 0 Å². The molecule has 1 aromatic heterocycles. The molecule has 0 aliphatic rings.